The molecule has 0 radical (unpaired) electrons. The summed E-state index contributed by atoms with van der Waals surface area (Å²) in [5.41, 5.74) is 13.4. The third kappa shape index (κ3) is 9.20. The highest BCUT2D eigenvalue weighted by molar-refractivity contribution is 5.88. The lowest BCUT2D eigenvalue weighted by Crippen LogP contribution is -2.26. The van der Waals surface area contributed by atoms with Gasteiger partial charge in [0, 0.05) is 68.1 Å². The van der Waals surface area contributed by atoms with E-state index in [9.17, 15) is 9.59 Å². The maximum absolute atomic E-state index is 12.0. The number of anilines is 1. The molecule has 56 heavy (non-hydrogen) atoms. The van der Waals surface area contributed by atoms with E-state index < -0.39 is 0 Å². The van der Waals surface area contributed by atoms with E-state index in [-0.39, 0.29) is 12.1 Å². The summed E-state index contributed by atoms with van der Waals surface area (Å²) in [7, 11) is 6.76. The lowest BCUT2D eigenvalue weighted by molar-refractivity contribution is -0.116. The van der Waals surface area contributed by atoms with Crippen molar-refractivity contribution < 1.29 is 33.3 Å². The first kappa shape index (κ1) is 39.1. The summed E-state index contributed by atoms with van der Waals surface area (Å²) < 4.78 is 28.7. The van der Waals surface area contributed by atoms with E-state index in [1.807, 2.05) is 87.0 Å². The van der Waals surface area contributed by atoms with Crippen molar-refractivity contribution in [1.82, 2.24) is 9.80 Å². The Morgan fingerprint density at radius 1 is 0.714 bits per heavy atom. The molecular weight excluding hydrogens is 711 g/mol. The van der Waals surface area contributed by atoms with Crippen molar-refractivity contribution in [2.45, 2.75) is 38.3 Å². The van der Waals surface area contributed by atoms with Crippen LogP contribution in [0.25, 0.3) is 11.1 Å². The molecule has 2 N–H and O–H groups in total. The number of hydrogen-bond acceptors (Lipinski definition) is 11. The molecule has 2 atom stereocenters. The summed E-state index contributed by atoms with van der Waals surface area (Å²) in [6.07, 6.45) is 11.1. The molecule has 0 saturated carbocycles. The van der Waals surface area contributed by atoms with E-state index in [2.05, 4.69) is 11.1 Å². The highest BCUT2D eigenvalue weighted by Gasteiger charge is 2.24. The van der Waals surface area contributed by atoms with E-state index in [1.54, 1.807) is 37.5 Å². The number of carbonyl (C=O) groups excluding carboxylic acids is 2. The largest absolute Gasteiger partial charge is 0.497 e. The van der Waals surface area contributed by atoms with Gasteiger partial charge < -0.3 is 39.2 Å². The number of aldehydes is 1. The van der Waals surface area contributed by atoms with E-state index >= 15 is 0 Å². The van der Waals surface area contributed by atoms with Crippen molar-refractivity contribution in [1.29, 1.82) is 0 Å². The van der Waals surface area contributed by atoms with Gasteiger partial charge in [0.05, 0.1) is 58.0 Å². The first-order valence-electron chi connectivity index (χ1n) is 18.3. The second-order valence-corrected chi connectivity index (χ2v) is 13.5. The van der Waals surface area contributed by atoms with Gasteiger partial charge in [0.1, 0.15) is 5.75 Å². The number of amides is 1. The number of benzene rings is 4. The van der Waals surface area contributed by atoms with Gasteiger partial charge >= 0.3 is 0 Å². The Labute approximate surface area is 327 Å². The maximum atomic E-state index is 12.0. The highest BCUT2D eigenvalue weighted by atomic mass is 16.5. The molecule has 6 rings (SSSR count). The number of aryl methyl sites for hydroxylation is 1. The first-order chi connectivity index (χ1) is 27.2. The van der Waals surface area contributed by atoms with Crippen LogP contribution in [0, 0.1) is 6.92 Å². The predicted octanol–water partition coefficient (Wildman–Crippen LogP) is 7.69. The average Bonchev–Trinajstić information content (AvgIpc) is 3.82. The molecule has 0 aliphatic carbocycles. The van der Waals surface area contributed by atoms with Crippen LogP contribution in [0.4, 0.5) is 17.1 Å². The number of ether oxygens (including phenoxy) is 5. The molecule has 2 unspecified atom stereocenters. The molecule has 0 spiro atoms. The minimum atomic E-state index is -0.231. The molecule has 2 aliphatic heterocycles. The Bertz CT molecular complexity index is 2140. The first-order valence-corrected chi connectivity index (χ1v) is 18.3. The second-order valence-electron chi connectivity index (χ2n) is 13.5. The highest BCUT2D eigenvalue weighted by Crippen LogP contribution is 2.37. The molecular formula is C44H47N5O7. The summed E-state index contributed by atoms with van der Waals surface area (Å²) in [6.45, 7) is 2.59. The smallest absolute Gasteiger partial charge is 0.214 e. The third-order valence-electron chi connectivity index (χ3n) is 9.79. The lowest BCUT2D eigenvalue weighted by Gasteiger charge is -2.17. The number of carbonyl (C=O) groups is 2. The van der Waals surface area contributed by atoms with E-state index in [4.69, 9.17) is 39.4 Å². The van der Waals surface area contributed by atoms with Gasteiger partial charge in [-0.05, 0) is 77.6 Å². The molecule has 4 aromatic carbocycles. The average molecular weight is 758 g/mol. The molecule has 0 aromatic heterocycles. The van der Waals surface area contributed by atoms with Crippen molar-refractivity contribution in [2.75, 3.05) is 47.3 Å². The number of hydrogen-bond donors (Lipinski definition) is 1. The van der Waals surface area contributed by atoms with Gasteiger partial charge in [-0.25, -0.2) is 0 Å². The van der Waals surface area contributed by atoms with Gasteiger partial charge in [0.2, 0.25) is 6.41 Å². The summed E-state index contributed by atoms with van der Waals surface area (Å²) in [5, 5.41) is 0. The van der Waals surface area contributed by atoms with Crippen molar-refractivity contribution in [2.24, 2.45) is 9.98 Å². The molecule has 4 aromatic rings. The van der Waals surface area contributed by atoms with Crippen LogP contribution in [-0.2, 0) is 4.79 Å². The van der Waals surface area contributed by atoms with Crippen LogP contribution in [0.15, 0.2) is 95.2 Å². The molecule has 12 heteroatoms. The molecule has 0 fully saturated rings. The Hall–Kier alpha value is -6.56. The van der Waals surface area contributed by atoms with Gasteiger partial charge in [-0.15, -0.1) is 0 Å². The molecule has 2 heterocycles. The number of methoxy groups -OCH3 is 3. The van der Waals surface area contributed by atoms with Crippen LogP contribution in [0.2, 0.25) is 0 Å². The van der Waals surface area contributed by atoms with Crippen LogP contribution in [-0.4, -0.2) is 88.6 Å². The van der Waals surface area contributed by atoms with Gasteiger partial charge in [-0.3, -0.25) is 19.6 Å². The summed E-state index contributed by atoms with van der Waals surface area (Å²) >= 11 is 0. The van der Waals surface area contributed by atoms with Crippen molar-refractivity contribution in [3.05, 3.63) is 107 Å². The zero-order valence-corrected chi connectivity index (χ0v) is 32.3. The Morgan fingerprint density at radius 2 is 1.29 bits per heavy atom. The Kier molecular flexibility index (Phi) is 12.7. The quantitative estimate of drug-likeness (QED) is 0.0498. The van der Waals surface area contributed by atoms with Crippen LogP contribution in [0.5, 0.6) is 28.7 Å². The van der Waals surface area contributed by atoms with Crippen LogP contribution in [0.1, 0.15) is 46.3 Å². The molecule has 12 nitrogen and oxygen atoms in total. The van der Waals surface area contributed by atoms with Crippen LogP contribution in [0.3, 0.4) is 0 Å². The second kappa shape index (κ2) is 18.2. The van der Waals surface area contributed by atoms with Gasteiger partial charge in [0.15, 0.2) is 29.3 Å². The van der Waals surface area contributed by atoms with Crippen molar-refractivity contribution >= 4 is 53.3 Å². The van der Waals surface area contributed by atoms with E-state index in [0.717, 1.165) is 52.8 Å². The fourth-order valence-electron chi connectivity index (χ4n) is 6.57. The Morgan fingerprint density at radius 3 is 1.91 bits per heavy atom. The zero-order chi connectivity index (χ0) is 39.6. The van der Waals surface area contributed by atoms with Gasteiger partial charge in [-0.2, -0.15) is 0 Å². The van der Waals surface area contributed by atoms with Gasteiger partial charge in [0.25, 0.3) is 0 Å². The van der Waals surface area contributed by atoms with Crippen LogP contribution < -0.4 is 29.4 Å². The summed E-state index contributed by atoms with van der Waals surface area (Å²) in [5.74, 6) is 2.79. The van der Waals surface area contributed by atoms with Crippen molar-refractivity contribution in [3.63, 3.8) is 0 Å². The molecule has 1 amide bonds. The zero-order valence-electron chi connectivity index (χ0n) is 32.3. The fourth-order valence-corrected chi connectivity index (χ4v) is 6.57. The fraction of sp³-hybridized carbons (Fsp3) is 0.273. The van der Waals surface area contributed by atoms with Gasteiger partial charge in [-0.1, -0.05) is 24.3 Å². The SMILES string of the molecule is COc1ccc(C2=CN(C=O)C(C=Nc3cc(OCCCOc4cc(N=CC5CC(c6ccc(N)cc6)=CN5C)c(C=O)cc4OC)c(OC)cc3C)C2)cc1. The third-order valence-corrected chi connectivity index (χ3v) is 9.79. The van der Waals surface area contributed by atoms with Crippen molar-refractivity contribution in [3.8, 4) is 28.7 Å². The topological polar surface area (TPSA) is 138 Å². The Balaban J connectivity index is 1.06. The number of rotatable bonds is 17. The van der Waals surface area contributed by atoms with Crippen LogP contribution >= 0.6 is 0 Å². The summed E-state index contributed by atoms with van der Waals surface area (Å²) in [4.78, 5) is 37.2. The number of nitrogens with two attached hydrogens (primary N) is 1. The molecule has 0 bridgehead atoms. The molecule has 2 aliphatic rings. The number of nitrogen functional groups attached to an aromatic ring is 1. The normalized spacial score (nSPS) is 16.6. The number of nitrogens with zero attached hydrogens (tertiary/aromatic N) is 4. The minimum Gasteiger partial charge on any atom is -0.497 e. The summed E-state index contributed by atoms with van der Waals surface area (Å²) in [6, 6.07) is 22.4. The standard InChI is InChI=1S/C44H47N5O7/c1-29-17-41(53-4)43(21-39(29)46-24-37-19-33(26-49(37)28-51)31-9-13-38(52-3)14-10-31)55-15-6-16-56-44-22-40(34(27-50)20-42(44)54-5)47-23-36-18-32(25-48(36)2)30-7-11-35(45)12-8-30/h7-14,17,20-28,36-37H,6,15-16,18-19,45H2,1-5H3. The van der Waals surface area contributed by atoms with E-state index in [1.165, 1.54) is 12.7 Å². The monoisotopic (exact) mass is 757 g/mol. The number of aliphatic imine (C=N–C) groups is 2. The minimum absolute atomic E-state index is 0.0133. The molecule has 290 valence electrons. The van der Waals surface area contributed by atoms with E-state index in [0.29, 0.717) is 66.0 Å². The lowest BCUT2D eigenvalue weighted by atomic mass is 10.0. The predicted molar refractivity (Wildman–Crippen MR) is 220 cm³/mol. The maximum Gasteiger partial charge on any atom is 0.214 e. The molecule has 0 saturated heterocycles.